The number of carbonyl (C=O) groups excluding carboxylic acids is 1. The summed E-state index contributed by atoms with van der Waals surface area (Å²) in [7, 11) is 0. The lowest BCUT2D eigenvalue weighted by molar-refractivity contribution is 0.0906. The van der Waals surface area contributed by atoms with Crippen LogP contribution in [0.5, 0.6) is 0 Å². The van der Waals surface area contributed by atoms with E-state index in [9.17, 15) is 4.79 Å². The Hall–Kier alpha value is -3.52. The molecule has 1 fully saturated rings. The lowest BCUT2D eigenvalue weighted by Crippen LogP contribution is -2.44. The first-order valence-corrected chi connectivity index (χ1v) is 10.5. The van der Waals surface area contributed by atoms with Crippen LogP contribution in [0, 0.1) is 0 Å². The van der Waals surface area contributed by atoms with Crippen molar-refractivity contribution < 1.29 is 9.21 Å². The number of piperidine rings is 1. The van der Waals surface area contributed by atoms with E-state index in [4.69, 9.17) is 4.42 Å². The molecule has 0 saturated carbocycles. The van der Waals surface area contributed by atoms with Crippen LogP contribution in [-0.2, 0) is 13.1 Å². The second-order valence-electron chi connectivity index (χ2n) is 7.86. The third-order valence-electron chi connectivity index (χ3n) is 5.66. The number of hydrogen-bond donors (Lipinski definition) is 1. The fraction of sp³-hybridized carbons (Fsp3) is 0.304. The van der Waals surface area contributed by atoms with Crippen LogP contribution in [0.25, 0.3) is 11.2 Å². The first kappa shape index (κ1) is 19.4. The minimum Gasteiger partial charge on any atom is -0.468 e. The minimum absolute atomic E-state index is 0.0989. The quantitative estimate of drug-likeness (QED) is 0.520. The van der Waals surface area contributed by atoms with Crippen molar-refractivity contribution in [3.8, 4) is 0 Å². The van der Waals surface area contributed by atoms with E-state index < -0.39 is 0 Å². The average Bonchev–Trinajstić information content (AvgIpc) is 3.46. The molecule has 0 bridgehead atoms. The molecule has 5 rings (SSSR count). The van der Waals surface area contributed by atoms with Gasteiger partial charge in [0.1, 0.15) is 11.3 Å². The molecule has 8 nitrogen and oxygen atoms in total. The van der Waals surface area contributed by atoms with Crippen LogP contribution in [0.3, 0.4) is 0 Å². The van der Waals surface area contributed by atoms with E-state index in [0.717, 1.165) is 49.6 Å². The maximum atomic E-state index is 12.8. The topological polar surface area (TPSA) is 89.1 Å². The average molecular weight is 416 g/mol. The van der Waals surface area contributed by atoms with Crippen LogP contribution in [0.15, 0.2) is 65.8 Å². The fourth-order valence-electron chi connectivity index (χ4n) is 3.98. The summed E-state index contributed by atoms with van der Waals surface area (Å²) in [6, 6.07) is 11.7. The van der Waals surface area contributed by atoms with Gasteiger partial charge in [0.05, 0.1) is 36.9 Å². The molecule has 158 valence electrons. The maximum absolute atomic E-state index is 12.8. The number of nitrogens with one attached hydrogen (secondary N) is 1. The van der Waals surface area contributed by atoms with E-state index in [1.54, 1.807) is 31.1 Å². The zero-order valence-electron chi connectivity index (χ0n) is 17.1. The third kappa shape index (κ3) is 4.49. The van der Waals surface area contributed by atoms with Crippen LogP contribution in [0.4, 0.5) is 0 Å². The van der Waals surface area contributed by atoms with Crippen molar-refractivity contribution in [1.82, 2.24) is 29.7 Å². The Morgan fingerprint density at radius 2 is 2.00 bits per heavy atom. The molecule has 0 radical (unpaired) electrons. The molecule has 0 atom stereocenters. The van der Waals surface area contributed by atoms with Crippen LogP contribution in [-0.4, -0.2) is 49.5 Å². The molecule has 0 unspecified atom stereocenters. The summed E-state index contributed by atoms with van der Waals surface area (Å²) in [6.45, 7) is 3.27. The van der Waals surface area contributed by atoms with Crippen molar-refractivity contribution >= 4 is 17.1 Å². The van der Waals surface area contributed by atoms with E-state index in [0.29, 0.717) is 17.6 Å². The van der Waals surface area contributed by atoms with E-state index >= 15 is 0 Å². The van der Waals surface area contributed by atoms with Crippen molar-refractivity contribution in [3.05, 3.63) is 78.4 Å². The molecule has 1 aliphatic heterocycles. The van der Waals surface area contributed by atoms with Crippen molar-refractivity contribution in [2.24, 2.45) is 0 Å². The first-order chi connectivity index (χ1) is 15.2. The molecule has 1 amide bonds. The maximum Gasteiger partial charge on any atom is 0.253 e. The summed E-state index contributed by atoms with van der Waals surface area (Å²) >= 11 is 0. The first-order valence-electron chi connectivity index (χ1n) is 10.5. The summed E-state index contributed by atoms with van der Waals surface area (Å²) in [4.78, 5) is 28.4. The van der Waals surface area contributed by atoms with Gasteiger partial charge in [-0.15, -0.1) is 0 Å². The van der Waals surface area contributed by atoms with Gasteiger partial charge in [0.2, 0.25) is 0 Å². The standard InChI is InChI=1S/C23H24N6O2/c30-23(27-18-6-9-28(10-7-18)15-20-5-3-11-31-20)17-12-21-22(25-13-17)29(16-26-21)14-19-4-1-2-8-24-19/h1-5,8,11-13,16,18H,6-7,9-10,14-15H2,(H,27,30). The van der Waals surface area contributed by atoms with Crippen molar-refractivity contribution in [2.75, 3.05) is 13.1 Å². The van der Waals surface area contributed by atoms with E-state index in [1.165, 1.54) is 0 Å². The number of likely N-dealkylation sites (tertiary alicyclic amines) is 1. The van der Waals surface area contributed by atoms with Crippen LogP contribution in [0.1, 0.15) is 34.7 Å². The lowest BCUT2D eigenvalue weighted by atomic mass is 10.0. The molecule has 0 spiro atoms. The van der Waals surface area contributed by atoms with Gasteiger partial charge in [-0.25, -0.2) is 9.97 Å². The number of hydrogen-bond acceptors (Lipinski definition) is 6. The molecule has 1 N–H and O–H groups in total. The molecule has 0 aromatic carbocycles. The highest BCUT2D eigenvalue weighted by Crippen LogP contribution is 2.16. The summed E-state index contributed by atoms with van der Waals surface area (Å²) < 4.78 is 7.36. The van der Waals surface area contributed by atoms with Crippen LogP contribution < -0.4 is 5.32 Å². The molecule has 4 aromatic rings. The van der Waals surface area contributed by atoms with Gasteiger partial charge in [0, 0.05) is 31.5 Å². The second kappa shape index (κ2) is 8.69. The number of amides is 1. The molecule has 1 saturated heterocycles. The third-order valence-corrected chi connectivity index (χ3v) is 5.66. The van der Waals surface area contributed by atoms with Crippen molar-refractivity contribution in [2.45, 2.75) is 32.0 Å². The molecule has 5 heterocycles. The SMILES string of the molecule is O=C(NC1CCN(Cc2ccco2)CC1)c1cnc2c(c1)ncn2Cc1ccccn1. The minimum atomic E-state index is -0.0989. The Labute approximate surface area is 179 Å². The Morgan fingerprint density at radius 1 is 1.10 bits per heavy atom. The summed E-state index contributed by atoms with van der Waals surface area (Å²) in [5, 5.41) is 3.15. The molecular weight excluding hydrogens is 392 g/mol. The summed E-state index contributed by atoms with van der Waals surface area (Å²) in [6.07, 6.45) is 8.67. The molecule has 31 heavy (non-hydrogen) atoms. The molecule has 8 heteroatoms. The van der Waals surface area contributed by atoms with Gasteiger partial charge >= 0.3 is 0 Å². The number of nitrogens with zero attached hydrogens (tertiary/aromatic N) is 5. The Bertz CT molecular complexity index is 1150. The van der Waals surface area contributed by atoms with Gasteiger partial charge in [-0.2, -0.15) is 0 Å². The largest absolute Gasteiger partial charge is 0.468 e. The number of rotatable bonds is 6. The monoisotopic (exact) mass is 416 g/mol. The zero-order chi connectivity index (χ0) is 21.0. The Balaban J connectivity index is 1.19. The fourth-order valence-corrected chi connectivity index (χ4v) is 3.98. The molecule has 1 aliphatic rings. The van der Waals surface area contributed by atoms with Crippen molar-refractivity contribution in [1.29, 1.82) is 0 Å². The summed E-state index contributed by atoms with van der Waals surface area (Å²) in [5.41, 5.74) is 2.92. The number of furan rings is 1. The van der Waals surface area contributed by atoms with Crippen molar-refractivity contribution in [3.63, 3.8) is 0 Å². The molecule has 4 aromatic heterocycles. The highest BCUT2D eigenvalue weighted by molar-refractivity contribution is 5.96. The van der Waals surface area contributed by atoms with Gasteiger partial charge in [0.15, 0.2) is 5.65 Å². The molecular formula is C23H24N6O2. The highest BCUT2D eigenvalue weighted by Gasteiger charge is 2.22. The molecule has 0 aliphatic carbocycles. The predicted octanol–water partition coefficient (Wildman–Crippen LogP) is 2.86. The number of carbonyl (C=O) groups is 1. The summed E-state index contributed by atoms with van der Waals surface area (Å²) in [5.74, 6) is 0.877. The van der Waals surface area contributed by atoms with E-state index in [2.05, 4.69) is 25.2 Å². The normalized spacial score (nSPS) is 15.4. The van der Waals surface area contributed by atoms with Crippen LogP contribution >= 0.6 is 0 Å². The highest BCUT2D eigenvalue weighted by atomic mass is 16.3. The van der Waals surface area contributed by atoms with Crippen LogP contribution in [0.2, 0.25) is 0 Å². The predicted molar refractivity (Wildman–Crippen MR) is 115 cm³/mol. The van der Waals surface area contributed by atoms with E-state index in [1.807, 2.05) is 34.9 Å². The number of fused-ring (bicyclic) bond motifs is 1. The van der Waals surface area contributed by atoms with E-state index in [-0.39, 0.29) is 11.9 Å². The van der Waals surface area contributed by atoms with Gasteiger partial charge in [0.25, 0.3) is 5.91 Å². The number of pyridine rings is 2. The van der Waals surface area contributed by atoms with Gasteiger partial charge in [-0.1, -0.05) is 6.07 Å². The number of aromatic nitrogens is 4. The zero-order valence-corrected chi connectivity index (χ0v) is 17.1. The smallest absolute Gasteiger partial charge is 0.253 e. The second-order valence-corrected chi connectivity index (χ2v) is 7.86. The van der Waals surface area contributed by atoms with Gasteiger partial charge in [-0.05, 0) is 43.2 Å². The van der Waals surface area contributed by atoms with Gasteiger partial charge < -0.3 is 14.3 Å². The Morgan fingerprint density at radius 3 is 2.77 bits per heavy atom. The lowest BCUT2D eigenvalue weighted by Gasteiger charge is -2.31. The van der Waals surface area contributed by atoms with Gasteiger partial charge in [-0.3, -0.25) is 14.7 Å². The number of imidazole rings is 1. The Kier molecular flexibility index (Phi) is 5.45.